The molecule has 28 heavy (non-hydrogen) atoms. The Hall–Kier alpha value is -2.93. The molecule has 0 N–H and O–H groups in total. The summed E-state index contributed by atoms with van der Waals surface area (Å²) in [5, 5.41) is 0.219. The average Bonchev–Trinajstić information content (AvgIpc) is 2.67. The molecule has 0 aliphatic rings. The molecule has 0 saturated heterocycles. The van der Waals surface area contributed by atoms with Crippen LogP contribution in [-0.4, -0.2) is 22.5 Å². The third-order valence-corrected chi connectivity index (χ3v) is 4.11. The molecule has 0 aliphatic carbocycles. The number of benzene rings is 1. The van der Waals surface area contributed by atoms with Gasteiger partial charge in [-0.2, -0.15) is 13.2 Å². The molecular formula is C20H14ClF3N2O2. The molecule has 0 aliphatic heterocycles. The lowest BCUT2D eigenvalue weighted by Crippen LogP contribution is -2.08. The van der Waals surface area contributed by atoms with Crippen LogP contribution in [0.5, 0.6) is 0 Å². The summed E-state index contributed by atoms with van der Waals surface area (Å²) in [4.78, 5) is 20.6. The Balaban J connectivity index is 2.13. The molecule has 3 rings (SSSR count). The van der Waals surface area contributed by atoms with E-state index in [1.54, 1.807) is 13.0 Å². The van der Waals surface area contributed by atoms with Crippen molar-refractivity contribution in [3.8, 4) is 22.4 Å². The number of ether oxygens (including phenoxy) is 1. The molecule has 0 saturated carbocycles. The first-order valence-corrected chi connectivity index (χ1v) is 8.64. The highest BCUT2D eigenvalue weighted by Crippen LogP contribution is 2.33. The number of carbonyl (C=O) groups excluding carboxylic acids is 1. The highest BCUT2D eigenvalue weighted by molar-refractivity contribution is 6.29. The van der Waals surface area contributed by atoms with E-state index < -0.39 is 17.7 Å². The van der Waals surface area contributed by atoms with Gasteiger partial charge in [-0.3, -0.25) is 4.98 Å². The maximum atomic E-state index is 13.0. The summed E-state index contributed by atoms with van der Waals surface area (Å²) in [6, 6.07) is 9.44. The van der Waals surface area contributed by atoms with Crippen LogP contribution < -0.4 is 0 Å². The normalized spacial score (nSPS) is 11.3. The molecule has 2 aromatic heterocycles. The van der Waals surface area contributed by atoms with Crippen LogP contribution in [-0.2, 0) is 10.9 Å². The van der Waals surface area contributed by atoms with Crippen LogP contribution in [0.3, 0.4) is 0 Å². The van der Waals surface area contributed by atoms with Crippen LogP contribution in [0, 0.1) is 0 Å². The molecular weight excluding hydrogens is 393 g/mol. The predicted octanol–water partition coefficient (Wildman–Crippen LogP) is 5.66. The van der Waals surface area contributed by atoms with Gasteiger partial charge in [0.25, 0.3) is 0 Å². The number of nitrogens with zero attached hydrogens (tertiary/aromatic N) is 2. The summed E-state index contributed by atoms with van der Waals surface area (Å²) >= 11 is 5.91. The summed E-state index contributed by atoms with van der Waals surface area (Å²) in [7, 11) is 0. The molecule has 4 nitrogen and oxygen atoms in total. The Kier molecular flexibility index (Phi) is 5.65. The molecule has 0 unspecified atom stereocenters. The first-order valence-electron chi connectivity index (χ1n) is 8.26. The van der Waals surface area contributed by atoms with Gasteiger partial charge in [-0.15, -0.1) is 0 Å². The van der Waals surface area contributed by atoms with E-state index in [1.165, 1.54) is 36.7 Å². The fraction of sp³-hybridized carbons (Fsp3) is 0.150. The van der Waals surface area contributed by atoms with Crippen molar-refractivity contribution in [3.63, 3.8) is 0 Å². The van der Waals surface area contributed by atoms with Crippen LogP contribution in [0.1, 0.15) is 22.8 Å². The number of aromatic nitrogens is 2. The van der Waals surface area contributed by atoms with Gasteiger partial charge in [-0.25, -0.2) is 9.78 Å². The molecule has 0 fully saturated rings. The van der Waals surface area contributed by atoms with Gasteiger partial charge in [0.1, 0.15) is 5.15 Å². The topological polar surface area (TPSA) is 52.1 Å². The van der Waals surface area contributed by atoms with E-state index in [2.05, 4.69) is 9.97 Å². The summed E-state index contributed by atoms with van der Waals surface area (Å²) in [6.45, 7) is 1.80. The zero-order chi connectivity index (χ0) is 20.3. The third kappa shape index (κ3) is 4.31. The Morgan fingerprint density at radius 3 is 2.54 bits per heavy atom. The van der Waals surface area contributed by atoms with Crippen molar-refractivity contribution >= 4 is 17.6 Å². The lowest BCUT2D eigenvalue weighted by atomic mass is 10.00. The van der Waals surface area contributed by atoms with E-state index in [1.807, 2.05) is 0 Å². The lowest BCUT2D eigenvalue weighted by molar-refractivity contribution is -0.137. The minimum Gasteiger partial charge on any atom is -0.462 e. The second kappa shape index (κ2) is 7.98. The fourth-order valence-corrected chi connectivity index (χ4v) is 2.82. The first kappa shape index (κ1) is 19.8. The lowest BCUT2D eigenvalue weighted by Gasteiger charge is -2.12. The average molecular weight is 407 g/mol. The molecule has 2 heterocycles. The zero-order valence-corrected chi connectivity index (χ0v) is 15.4. The monoisotopic (exact) mass is 406 g/mol. The summed E-state index contributed by atoms with van der Waals surface area (Å²) in [5.74, 6) is -0.633. The summed E-state index contributed by atoms with van der Waals surface area (Å²) in [5.41, 5.74) is 0.828. The molecule has 0 spiro atoms. The van der Waals surface area contributed by atoms with Crippen molar-refractivity contribution < 1.29 is 22.7 Å². The van der Waals surface area contributed by atoms with E-state index in [-0.39, 0.29) is 22.9 Å². The number of carbonyl (C=O) groups is 1. The first-order chi connectivity index (χ1) is 13.3. The van der Waals surface area contributed by atoms with Gasteiger partial charge in [0.05, 0.1) is 23.4 Å². The van der Waals surface area contributed by atoms with Gasteiger partial charge in [0, 0.05) is 23.5 Å². The van der Waals surface area contributed by atoms with Gasteiger partial charge >= 0.3 is 12.1 Å². The van der Waals surface area contributed by atoms with Crippen LogP contribution in [0.2, 0.25) is 5.15 Å². The van der Waals surface area contributed by atoms with Gasteiger partial charge in [0.2, 0.25) is 0 Å². The number of pyridine rings is 2. The number of esters is 1. The van der Waals surface area contributed by atoms with Gasteiger partial charge in [-0.05, 0) is 42.8 Å². The SMILES string of the molecule is CCOC(=O)c1cc(-c2cccc(C(F)(F)F)c2)cnc1-c1ccnc(Cl)c1. The molecule has 8 heteroatoms. The minimum absolute atomic E-state index is 0.124. The van der Waals surface area contributed by atoms with Gasteiger partial charge < -0.3 is 4.74 Å². The van der Waals surface area contributed by atoms with E-state index in [4.69, 9.17) is 16.3 Å². The number of hydrogen-bond donors (Lipinski definition) is 0. The molecule has 0 radical (unpaired) electrons. The number of halogens is 4. The maximum Gasteiger partial charge on any atom is 0.416 e. The van der Waals surface area contributed by atoms with Crippen molar-refractivity contribution in [1.29, 1.82) is 0 Å². The molecule has 0 bridgehead atoms. The van der Waals surface area contributed by atoms with Crippen LogP contribution in [0.4, 0.5) is 13.2 Å². The highest BCUT2D eigenvalue weighted by Gasteiger charge is 2.30. The second-order valence-corrected chi connectivity index (χ2v) is 6.17. The van der Waals surface area contributed by atoms with Crippen molar-refractivity contribution in [2.75, 3.05) is 6.61 Å². The zero-order valence-electron chi connectivity index (χ0n) is 14.6. The largest absolute Gasteiger partial charge is 0.462 e. The van der Waals surface area contributed by atoms with E-state index >= 15 is 0 Å². The Labute approximate surface area is 164 Å². The van der Waals surface area contributed by atoms with E-state index in [0.717, 1.165) is 12.1 Å². The summed E-state index contributed by atoms with van der Waals surface area (Å²) < 4.78 is 44.1. The van der Waals surface area contributed by atoms with Crippen molar-refractivity contribution in [1.82, 2.24) is 9.97 Å². The van der Waals surface area contributed by atoms with E-state index in [0.29, 0.717) is 16.8 Å². The van der Waals surface area contributed by atoms with Crippen molar-refractivity contribution in [2.24, 2.45) is 0 Å². The Bertz CT molecular complexity index is 1020. The molecule has 0 atom stereocenters. The Morgan fingerprint density at radius 1 is 1.07 bits per heavy atom. The van der Waals surface area contributed by atoms with Crippen molar-refractivity contribution in [2.45, 2.75) is 13.1 Å². The van der Waals surface area contributed by atoms with E-state index in [9.17, 15) is 18.0 Å². The molecule has 0 amide bonds. The van der Waals surface area contributed by atoms with Crippen LogP contribution in [0.25, 0.3) is 22.4 Å². The number of hydrogen-bond acceptors (Lipinski definition) is 4. The maximum absolute atomic E-state index is 13.0. The second-order valence-electron chi connectivity index (χ2n) is 5.79. The summed E-state index contributed by atoms with van der Waals surface area (Å²) in [6.07, 6.45) is -1.60. The molecule has 3 aromatic rings. The minimum atomic E-state index is -4.47. The smallest absolute Gasteiger partial charge is 0.416 e. The predicted molar refractivity (Wildman–Crippen MR) is 98.9 cm³/mol. The Morgan fingerprint density at radius 2 is 1.86 bits per heavy atom. The molecule has 144 valence electrons. The fourth-order valence-electron chi connectivity index (χ4n) is 2.64. The van der Waals surface area contributed by atoms with Gasteiger partial charge in [-0.1, -0.05) is 23.7 Å². The third-order valence-electron chi connectivity index (χ3n) is 3.91. The van der Waals surface area contributed by atoms with Crippen LogP contribution in [0.15, 0.2) is 54.9 Å². The van der Waals surface area contributed by atoms with Crippen molar-refractivity contribution in [3.05, 3.63) is 71.1 Å². The number of rotatable bonds is 4. The quantitative estimate of drug-likeness (QED) is 0.414. The standard InChI is InChI=1S/C20H14ClF3N2O2/c1-2-28-19(27)16-9-14(12-4-3-5-15(8-12)20(22,23)24)11-26-18(16)13-6-7-25-17(21)10-13/h3-11H,2H2,1H3. The number of alkyl halides is 3. The highest BCUT2D eigenvalue weighted by atomic mass is 35.5. The van der Waals surface area contributed by atoms with Gasteiger partial charge in [0.15, 0.2) is 0 Å². The van der Waals surface area contributed by atoms with Crippen LogP contribution >= 0.6 is 11.6 Å². The molecule has 1 aromatic carbocycles.